The van der Waals surface area contributed by atoms with Gasteiger partial charge in [0.25, 0.3) is 11.6 Å². The van der Waals surface area contributed by atoms with E-state index in [4.69, 9.17) is 9.15 Å². The summed E-state index contributed by atoms with van der Waals surface area (Å²) in [5, 5.41) is 11.3. The summed E-state index contributed by atoms with van der Waals surface area (Å²) in [7, 11) is 1.46. The lowest BCUT2D eigenvalue weighted by Crippen LogP contribution is -2.35. The van der Waals surface area contributed by atoms with Crippen molar-refractivity contribution in [3.8, 4) is 5.75 Å². The predicted molar refractivity (Wildman–Crippen MR) is 86.0 cm³/mol. The third kappa shape index (κ3) is 2.97. The number of nitro benzene ring substituents is 1. The van der Waals surface area contributed by atoms with Gasteiger partial charge in [0.1, 0.15) is 17.1 Å². The molecule has 126 valence electrons. The Labute approximate surface area is 139 Å². The van der Waals surface area contributed by atoms with Crippen molar-refractivity contribution < 1.29 is 18.9 Å². The van der Waals surface area contributed by atoms with Crippen LogP contribution >= 0.6 is 0 Å². The number of nitrogens with zero attached hydrogens (tertiary/aromatic N) is 2. The number of carbonyl (C=O) groups is 1. The summed E-state index contributed by atoms with van der Waals surface area (Å²) in [5.41, 5.74) is -0.192. The van der Waals surface area contributed by atoms with Crippen LogP contribution in [0.3, 0.4) is 0 Å². The van der Waals surface area contributed by atoms with Gasteiger partial charge in [-0.1, -0.05) is 0 Å². The fourth-order valence-corrected chi connectivity index (χ4v) is 2.79. The van der Waals surface area contributed by atoms with E-state index in [9.17, 15) is 14.9 Å². The summed E-state index contributed by atoms with van der Waals surface area (Å²) in [6, 6.07) is 7.53. The quantitative estimate of drug-likeness (QED) is 0.597. The van der Waals surface area contributed by atoms with Crippen molar-refractivity contribution in [3.05, 3.63) is 58.0 Å². The SMILES string of the molecule is COc1ccc([N+](=O)[O-])c(C(=O)N(C2CC2)C(C)c2ccco2)c1. The highest BCUT2D eigenvalue weighted by Gasteiger charge is 2.39. The second-order valence-electron chi connectivity index (χ2n) is 5.78. The van der Waals surface area contributed by atoms with Crippen LogP contribution in [-0.4, -0.2) is 28.9 Å². The molecule has 0 bridgehead atoms. The van der Waals surface area contributed by atoms with Gasteiger partial charge in [0.05, 0.1) is 24.3 Å². The largest absolute Gasteiger partial charge is 0.497 e. The minimum Gasteiger partial charge on any atom is -0.497 e. The number of furan rings is 1. The van der Waals surface area contributed by atoms with Crippen LogP contribution in [0.5, 0.6) is 5.75 Å². The van der Waals surface area contributed by atoms with Gasteiger partial charge in [0.2, 0.25) is 0 Å². The number of rotatable bonds is 6. The number of benzene rings is 1. The van der Waals surface area contributed by atoms with Crippen LogP contribution in [0.15, 0.2) is 41.0 Å². The zero-order chi connectivity index (χ0) is 17.3. The highest BCUT2D eigenvalue weighted by Crippen LogP contribution is 2.37. The summed E-state index contributed by atoms with van der Waals surface area (Å²) in [5.74, 6) is 0.679. The second kappa shape index (κ2) is 6.35. The van der Waals surface area contributed by atoms with E-state index in [-0.39, 0.29) is 29.2 Å². The number of carbonyl (C=O) groups excluding carboxylic acids is 1. The molecule has 1 heterocycles. The van der Waals surface area contributed by atoms with Gasteiger partial charge in [-0.15, -0.1) is 0 Å². The van der Waals surface area contributed by atoms with E-state index in [2.05, 4.69) is 0 Å². The molecule has 1 fully saturated rings. The van der Waals surface area contributed by atoms with Crippen molar-refractivity contribution in [2.24, 2.45) is 0 Å². The van der Waals surface area contributed by atoms with Gasteiger partial charge in [0.15, 0.2) is 0 Å². The molecule has 1 amide bonds. The number of amides is 1. The first kappa shape index (κ1) is 16.0. The molecule has 0 N–H and O–H groups in total. The van der Waals surface area contributed by atoms with E-state index in [0.717, 1.165) is 12.8 Å². The van der Waals surface area contributed by atoms with E-state index in [1.807, 2.05) is 6.92 Å². The molecule has 0 aliphatic heterocycles. The molecule has 7 heteroatoms. The van der Waals surface area contributed by atoms with Gasteiger partial charge in [-0.2, -0.15) is 0 Å². The molecule has 1 atom stereocenters. The first-order valence-corrected chi connectivity index (χ1v) is 7.71. The van der Waals surface area contributed by atoms with Crippen LogP contribution in [0.1, 0.15) is 41.9 Å². The van der Waals surface area contributed by atoms with Crippen LogP contribution in [0.2, 0.25) is 0 Å². The summed E-state index contributed by atoms with van der Waals surface area (Å²) in [6.07, 6.45) is 3.32. The van der Waals surface area contributed by atoms with Crippen LogP contribution in [-0.2, 0) is 0 Å². The molecule has 1 saturated carbocycles. The Kier molecular flexibility index (Phi) is 4.24. The fraction of sp³-hybridized carbons (Fsp3) is 0.353. The Bertz CT molecular complexity index is 752. The first-order valence-electron chi connectivity index (χ1n) is 7.71. The first-order chi connectivity index (χ1) is 11.5. The number of ether oxygens (including phenoxy) is 1. The van der Waals surface area contributed by atoms with Gasteiger partial charge in [0, 0.05) is 12.1 Å². The predicted octanol–water partition coefficient (Wildman–Crippen LogP) is 3.56. The van der Waals surface area contributed by atoms with E-state index in [1.54, 1.807) is 23.3 Å². The summed E-state index contributed by atoms with van der Waals surface area (Å²) in [6.45, 7) is 1.86. The molecule has 2 aromatic rings. The Morgan fingerprint density at radius 3 is 2.71 bits per heavy atom. The minimum absolute atomic E-state index is 0.0321. The zero-order valence-corrected chi connectivity index (χ0v) is 13.5. The standard InChI is InChI=1S/C17H18N2O5/c1-11(16-4-3-9-24-16)18(12-5-6-12)17(20)14-10-13(23-2)7-8-15(14)19(21)22/h3-4,7-12H,5-6H2,1-2H3. The van der Waals surface area contributed by atoms with Crippen molar-refractivity contribution in [2.75, 3.05) is 7.11 Å². The third-order valence-electron chi connectivity index (χ3n) is 4.18. The van der Waals surface area contributed by atoms with Crippen molar-refractivity contribution in [2.45, 2.75) is 31.8 Å². The molecule has 0 radical (unpaired) electrons. The molecular formula is C17H18N2O5. The lowest BCUT2D eigenvalue weighted by molar-refractivity contribution is -0.385. The third-order valence-corrected chi connectivity index (χ3v) is 4.18. The lowest BCUT2D eigenvalue weighted by Gasteiger charge is -2.28. The number of methoxy groups -OCH3 is 1. The topological polar surface area (TPSA) is 85.8 Å². The van der Waals surface area contributed by atoms with Crippen LogP contribution in [0.4, 0.5) is 5.69 Å². The van der Waals surface area contributed by atoms with Crippen molar-refractivity contribution in [3.63, 3.8) is 0 Å². The maximum absolute atomic E-state index is 13.1. The molecule has 24 heavy (non-hydrogen) atoms. The van der Waals surface area contributed by atoms with Gasteiger partial charge >= 0.3 is 0 Å². The van der Waals surface area contributed by atoms with Crippen molar-refractivity contribution in [1.82, 2.24) is 4.90 Å². The average molecular weight is 330 g/mol. The van der Waals surface area contributed by atoms with Gasteiger partial charge in [-0.25, -0.2) is 0 Å². The molecule has 7 nitrogen and oxygen atoms in total. The van der Waals surface area contributed by atoms with E-state index in [1.165, 1.54) is 25.3 Å². The summed E-state index contributed by atoms with van der Waals surface area (Å²) >= 11 is 0. The monoisotopic (exact) mass is 330 g/mol. The van der Waals surface area contributed by atoms with Gasteiger partial charge < -0.3 is 14.1 Å². The van der Waals surface area contributed by atoms with Gasteiger partial charge in [-0.05, 0) is 44.0 Å². The molecule has 0 spiro atoms. The van der Waals surface area contributed by atoms with E-state index >= 15 is 0 Å². The maximum atomic E-state index is 13.1. The Morgan fingerprint density at radius 1 is 1.42 bits per heavy atom. The number of hydrogen-bond acceptors (Lipinski definition) is 5. The number of nitro groups is 1. The smallest absolute Gasteiger partial charge is 0.282 e. The zero-order valence-electron chi connectivity index (χ0n) is 13.5. The molecule has 1 unspecified atom stereocenters. The lowest BCUT2D eigenvalue weighted by atomic mass is 10.1. The minimum atomic E-state index is -0.546. The highest BCUT2D eigenvalue weighted by atomic mass is 16.6. The molecule has 1 aliphatic rings. The van der Waals surface area contributed by atoms with Crippen molar-refractivity contribution in [1.29, 1.82) is 0 Å². The second-order valence-corrected chi connectivity index (χ2v) is 5.78. The van der Waals surface area contributed by atoms with E-state index < -0.39 is 4.92 Å². The normalized spacial score (nSPS) is 14.9. The Hall–Kier alpha value is -2.83. The molecule has 1 aromatic heterocycles. The van der Waals surface area contributed by atoms with E-state index in [0.29, 0.717) is 11.5 Å². The molecule has 0 saturated heterocycles. The molecule has 1 aliphatic carbocycles. The molecular weight excluding hydrogens is 312 g/mol. The van der Waals surface area contributed by atoms with Crippen LogP contribution in [0.25, 0.3) is 0 Å². The molecule has 3 rings (SSSR count). The fourth-order valence-electron chi connectivity index (χ4n) is 2.79. The Morgan fingerprint density at radius 2 is 2.17 bits per heavy atom. The summed E-state index contributed by atoms with van der Waals surface area (Å²) < 4.78 is 10.5. The van der Waals surface area contributed by atoms with Crippen LogP contribution in [0, 0.1) is 10.1 Å². The molecule has 1 aromatic carbocycles. The Balaban J connectivity index is 2.00. The summed E-state index contributed by atoms with van der Waals surface area (Å²) in [4.78, 5) is 25.5. The van der Waals surface area contributed by atoms with Crippen LogP contribution < -0.4 is 4.74 Å². The van der Waals surface area contributed by atoms with Gasteiger partial charge in [-0.3, -0.25) is 14.9 Å². The highest BCUT2D eigenvalue weighted by molar-refractivity contribution is 5.99. The van der Waals surface area contributed by atoms with Crippen molar-refractivity contribution >= 4 is 11.6 Å². The maximum Gasteiger partial charge on any atom is 0.282 e. The average Bonchev–Trinajstić information content (AvgIpc) is 3.25. The number of hydrogen-bond donors (Lipinski definition) is 0.